The fraction of sp³-hybridized carbons (Fsp3) is 0.333. The van der Waals surface area contributed by atoms with Crippen LogP contribution < -0.4 is 10.1 Å². The summed E-state index contributed by atoms with van der Waals surface area (Å²) in [6, 6.07) is 17.4. The molecule has 0 fully saturated rings. The van der Waals surface area contributed by atoms with E-state index in [1.165, 1.54) is 26.4 Å². The number of benzene rings is 2. The molecule has 0 saturated heterocycles. The van der Waals surface area contributed by atoms with E-state index in [1.54, 1.807) is 18.2 Å². The lowest BCUT2D eigenvalue weighted by Gasteiger charge is -2.15. The van der Waals surface area contributed by atoms with Crippen LogP contribution in [0.25, 0.3) is 11.1 Å². The highest BCUT2D eigenvalue weighted by molar-refractivity contribution is 6.03. The number of carbonyl (C=O) groups excluding carboxylic acids is 3. The first-order valence-corrected chi connectivity index (χ1v) is 12.8. The predicted molar refractivity (Wildman–Crippen MR) is 147 cm³/mol. The molecule has 212 valence electrons. The lowest BCUT2D eigenvalue weighted by Crippen LogP contribution is -2.28. The fourth-order valence-electron chi connectivity index (χ4n) is 3.57. The molecule has 0 spiro atoms. The first kappa shape index (κ1) is 30.3. The number of ether oxygens (including phenoxy) is 5. The highest BCUT2D eigenvalue weighted by Gasteiger charge is 2.24. The van der Waals surface area contributed by atoms with Crippen molar-refractivity contribution in [2.45, 2.75) is 20.5 Å². The Kier molecular flexibility index (Phi) is 11.6. The minimum atomic E-state index is -0.764. The smallest absolute Gasteiger partial charge is 0.357 e. The van der Waals surface area contributed by atoms with Gasteiger partial charge in [0.15, 0.2) is 12.5 Å². The monoisotopic (exact) mass is 550 g/mol. The Morgan fingerprint density at radius 2 is 1.65 bits per heavy atom. The van der Waals surface area contributed by atoms with Crippen LogP contribution in [-0.2, 0) is 25.6 Å². The van der Waals surface area contributed by atoms with Crippen LogP contribution in [0.2, 0.25) is 0 Å². The number of hydrogen-bond acceptors (Lipinski definition) is 9. The summed E-state index contributed by atoms with van der Waals surface area (Å²) < 4.78 is 26.4. The zero-order valence-corrected chi connectivity index (χ0v) is 23.1. The van der Waals surface area contributed by atoms with Gasteiger partial charge < -0.3 is 29.0 Å². The summed E-state index contributed by atoms with van der Waals surface area (Å²) in [4.78, 5) is 42.8. The van der Waals surface area contributed by atoms with Gasteiger partial charge in [-0.25, -0.2) is 14.6 Å². The van der Waals surface area contributed by atoms with Gasteiger partial charge in [-0.3, -0.25) is 4.79 Å². The van der Waals surface area contributed by atoms with E-state index in [0.29, 0.717) is 24.5 Å². The number of pyridine rings is 1. The van der Waals surface area contributed by atoms with Crippen LogP contribution in [0.5, 0.6) is 5.75 Å². The van der Waals surface area contributed by atoms with E-state index in [9.17, 15) is 14.4 Å². The molecule has 40 heavy (non-hydrogen) atoms. The van der Waals surface area contributed by atoms with E-state index in [-0.39, 0.29) is 48.4 Å². The summed E-state index contributed by atoms with van der Waals surface area (Å²) in [6.45, 7) is 4.95. The maximum absolute atomic E-state index is 13.2. The molecule has 0 radical (unpaired) electrons. The van der Waals surface area contributed by atoms with Crippen molar-refractivity contribution in [2.75, 3.05) is 40.8 Å². The molecule has 0 saturated carbocycles. The number of methoxy groups -OCH3 is 2. The fourth-order valence-corrected chi connectivity index (χ4v) is 3.57. The van der Waals surface area contributed by atoms with E-state index in [0.717, 1.165) is 5.56 Å². The summed E-state index contributed by atoms with van der Waals surface area (Å²) in [7, 11) is 2.75. The number of amides is 1. The molecule has 3 aromatic rings. The van der Waals surface area contributed by atoms with Gasteiger partial charge in [0.05, 0.1) is 25.9 Å². The molecule has 1 N–H and O–H groups in total. The molecule has 3 rings (SSSR count). The number of carbonyl (C=O) groups is 3. The van der Waals surface area contributed by atoms with Crippen LogP contribution in [0.1, 0.15) is 50.7 Å². The Morgan fingerprint density at radius 3 is 2.35 bits per heavy atom. The van der Waals surface area contributed by atoms with E-state index >= 15 is 0 Å². The van der Waals surface area contributed by atoms with Crippen molar-refractivity contribution in [3.05, 3.63) is 83.2 Å². The van der Waals surface area contributed by atoms with Gasteiger partial charge in [0.25, 0.3) is 5.91 Å². The maximum Gasteiger partial charge on any atom is 0.357 e. The van der Waals surface area contributed by atoms with Crippen LogP contribution in [0.3, 0.4) is 0 Å². The lowest BCUT2D eigenvalue weighted by molar-refractivity contribution is -0.0435. The molecule has 1 amide bonds. The van der Waals surface area contributed by atoms with Crippen LogP contribution in [0, 0.1) is 5.92 Å². The van der Waals surface area contributed by atoms with E-state index in [2.05, 4.69) is 10.3 Å². The summed E-state index contributed by atoms with van der Waals surface area (Å²) in [5, 5.41) is 2.78. The largest absolute Gasteiger partial charge is 0.489 e. The van der Waals surface area contributed by atoms with Gasteiger partial charge in [0.1, 0.15) is 18.1 Å². The van der Waals surface area contributed by atoms with Gasteiger partial charge in [-0.05, 0) is 47.4 Å². The third kappa shape index (κ3) is 8.62. The number of aromatic nitrogens is 1. The van der Waals surface area contributed by atoms with E-state index < -0.39 is 17.8 Å². The quantitative estimate of drug-likeness (QED) is 0.178. The standard InChI is InChI=1S/C30H34N2O8/c1-20(2)17-31-28(33)26-13-12-24(27(32-26)30(35)37-4)23-11-10-22(39-18-21-8-6-5-7-9-21)16-25(23)29(34)40-19-38-15-14-36-3/h5-13,16,20H,14-15,17-19H2,1-4H3,(H,31,33). The first-order chi connectivity index (χ1) is 19.3. The Morgan fingerprint density at radius 1 is 0.900 bits per heavy atom. The van der Waals surface area contributed by atoms with Gasteiger partial charge >= 0.3 is 11.9 Å². The summed E-state index contributed by atoms with van der Waals surface area (Å²) in [6.07, 6.45) is 0. The van der Waals surface area contributed by atoms with Gasteiger partial charge in [0.2, 0.25) is 0 Å². The second-order valence-corrected chi connectivity index (χ2v) is 9.12. The molecule has 10 heteroatoms. The van der Waals surface area contributed by atoms with Crippen molar-refractivity contribution in [3.63, 3.8) is 0 Å². The van der Waals surface area contributed by atoms with Crippen molar-refractivity contribution >= 4 is 17.8 Å². The molecular weight excluding hydrogens is 516 g/mol. The van der Waals surface area contributed by atoms with Crippen molar-refractivity contribution in [1.82, 2.24) is 10.3 Å². The molecule has 2 aromatic carbocycles. The topological polar surface area (TPSA) is 122 Å². The van der Waals surface area contributed by atoms with E-state index in [4.69, 9.17) is 23.7 Å². The first-order valence-electron chi connectivity index (χ1n) is 12.8. The van der Waals surface area contributed by atoms with E-state index in [1.807, 2.05) is 44.2 Å². The lowest BCUT2D eigenvalue weighted by atomic mass is 9.97. The van der Waals surface area contributed by atoms with Gasteiger partial charge in [-0.1, -0.05) is 44.2 Å². The SMILES string of the molecule is COCCOCOC(=O)c1cc(OCc2ccccc2)ccc1-c1ccc(C(=O)NCC(C)C)nc1C(=O)OC. The van der Waals surface area contributed by atoms with Gasteiger partial charge in [-0.2, -0.15) is 0 Å². The van der Waals surface area contributed by atoms with Crippen molar-refractivity contribution < 1.29 is 38.1 Å². The normalized spacial score (nSPS) is 10.7. The molecule has 1 aromatic heterocycles. The van der Waals surface area contributed by atoms with Crippen molar-refractivity contribution in [2.24, 2.45) is 5.92 Å². The maximum atomic E-state index is 13.2. The molecule has 0 aliphatic rings. The zero-order valence-electron chi connectivity index (χ0n) is 23.1. The third-order valence-electron chi connectivity index (χ3n) is 5.63. The molecule has 0 unspecified atom stereocenters. The Bertz CT molecular complexity index is 1290. The number of hydrogen-bond donors (Lipinski definition) is 1. The van der Waals surface area contributed by atoms with Crippen molar-refractivity contribution in [1.29, 1.82) is 0 Å². The molecule has 0 aliphatic carbocycles. The highest BCUT2D eigenvalue weighted by atomic mass is 16.7. The van der Waals surface area contributed by atoms with Gasteiger partial charge in [0, 0.05) is 19.2 Å². The van der Waals surface area contributed by atoms with Gasteiger partial charge in [-0.15, -0.1) is 0 Å². The molecule has 0 aliphatic heterocycles. The predicted octanol–water partition coefficient (Wildman–Crippen LogP) is 4.28. The molecule has 0 bridgehead atoms. The number of esters is 2. The highest BCUT2D eigenvalue weighted by Crippen LogP contribution is 2.31. The Hall–Kier alpha value is -4.28. The number of rotatable bonds is 14. The average molecular weight is 551 g/mol. The summed E-state index contributed by atoms with van der Waals surface area (Å²) >= 11 is 0. The molecule has 10 nitrogen and oxygen atoms in total. The van der Waals surface area contributed by atoms with Crippen LogP contribution in [0.15, 0.2) is 60.7 Å². The molecular formula is C30H34N2O8. The molecule has 0 atom stereocenters. The van der Waals surface area contributed by atoms with Crippen LogP contribution in [-0.4, -0.2) is 63.6 Å². The average Bonchev–Trinajstić information content (AvgIpc) is 2.98. The number of nitrogens with one attached hydrogen (secondary N) is 1. The summed E-state index contributed by atoms with van der Waals surface area (Å²) in [5.41, 5.74) is 1.62. The molecule has 1 heterocycles. The zero-order chi connectivity index (χ0) is 28.9. The Balaban J connectivity index is 1.97. The minimum Gasteiger partial charge on any atom is -0.489 e. The summed E-state index contributed by atoms with van der Waals surface area (Å²) in [5.74, 6) is -1.25. The number of nitrogens with zero attached hydrogens (tertiary/aromatic N) is 1. The van der Waals surface area contributed by atoms with Crippen molar-refractivity contribution in [3.8, 4) is 16.9 Å². The van der Waals surface area contributed by atoms with Crippen LogP contribution in [0.4, 0.5) is 0 Å². The second-order valence-electron chi connectivity index (χ2n) is 9.12. The minimum absolute atomic E-state index is 0.0447. The van der Waals surface area contributed by atoms with Crippen LogP contribution >= 0.6 is 0 Å². The Labute approximate surface area is 233 Å². The third-order valence-corrected chi connectivity index (χ3v) is 5.63. The second kappa shape index (κ2) is 15.3.